The molecule has 0 unspecified atom stereocenters. The topological polar surface area (TPSA) is 24.9 Å². The van der Waals surface area contributed by atoms with E-state index in [-0.39, 0.29) is 6.29 Å². The van der Waals surface area contributed by atoms with E-state index >= 15 is 0 Å². The third-order valence-electron chi connectivity index (χ3n) is 5.48. The van der Waals surface area contributed by atoms with Crippen LogP contribution in [0.3, 0.4) is 0 Å². The van der Waals surface area contributed by atoms with Crippen molar-refractivity contribution in [3.63, 3.8) is 0 Å². The van der Waals surface area contributed by atoms with E-state index in [1.54, 1.807) is 0 Å². The van der Waals surface area contributed by atoms with Gasteiger partial charge in [0.2, 0.25) is 0 Å². The van der Waals surface area contributed by atoms with Gasteiger partial charge >= 0.3 is 0 Å². The molecule has 0 N–H and O–H groups in total. The Kier molecular flexibility index (Phi) is 5.25. The maximum Gasteiger partial charge on any atom is 0.183 e. The van der Waals surface area contributed by atoms with Crippen LogP contribution in [0.2, 0.25) is 0 Å². The van der Waals surface area contributed by atoms with E-state index in [1.807, 2.05) is 0 Å². The number of anilines is 1. The lowest BCUT2D eigenvalue weighted by atomic mass is 9.99. The first-order valence-electron chi connectivity index (χ1n) is 9.52. The van der Waals surface area contributed by atoms with E-state index in [0.29, 0.717) is 19.1 Å². The van der Waals surface area contributed by atoms with Gasteiger partial charge in [-0.2, -0.15) is 0 Å². The number of hydrogen-bond donors (Lipinski definition) is 0. The highest BCUT2D eigenvalue weighted by Gasteiger charge is 2.25. The molecule has 2 aliphatic heterocycles. The number of benzene rings is 2. The van der Waals surface area contributed by atoms with Crippen molar-refractivity contribution in [1.82, 2.24) is 4.90 Å². The van der Waals surface area contributed by atoms with E-state index < -0.39 is 0 Å². The summed E-state index contributed by atoms with van der Waals surface area (Å²) < 4.78 is 12.0. The van der Waals surface area contributed by atoms with Crippen LogP contribution >= 0.6 is 0 Å². The molecule has 0 amide bonds. The third-order valence-corrected chi connectivity index (χ3v) is 5.48. The third kappa shape index (κ3) is 3.93. The molecule has 2 saturated heterocycles. The molecule has 0 atom stereocenters. The van der Waals surface area contributed by atoms with Gasteiger partial charge in [0.1, 0.15) is 0 Å². The summed E-state index contributed by atoms with van der Waals surface area (Å²) in [6, 6.07) is 17.3. The Morgan fingerprint density at radius 1 is 0.769 bits per heavy atom. The fourth-order valence-electron chi connectivity index (χ4n) is 3.63. The number of likely N-dealkylation sites (N-methyl/N-ethyl adjacent to an activating group) is 1. The molecule has 2 heterocycles. The molecule has 4 rings (SSSR count). The largest absolute Gasteiger partial charge is 0.369 e. The number of piperazine rings is 1. The molecule has 4 nitrogen and oxygen atoms in total. The van der Waals surface area contributed by atoms with Gasteiger partial charge in [0.05, 0.1) is 13.2 Å². The molecular formula is C22H28N2O2. The average Bonchev–Trinajstić information content (AvgIpc) is 2.70. The Labute approximate surface area is 156 Å². The molecule has 0 spiro atoms. The Morgan fingerprint density at radius 3 is 1.96 bits per heavy atom. The Balaban J connectivity index is 1.35. The van der Waals surface area contributed by atoms with Crippen molar-refractivity contribution in [3.05, 3.63) is 65.2 Å². The van der Waals surface area contributed by atoms with Crippen LogP contribution in [0.4, 0.5) is 5.69 Å². The minimum absolute atomic E-state index is 0.252. The van der Waals surface area contributed by atoms with E-state index in [9.17, 15) is 0 Å². The van der Waals surface area contributed by atoms with Crippen LogP contribution in [0, 0.1) is 6.92 Å². The quantitative estimate of drug-likeness (QED) is 0.843. The zero-order valence-electron chi connectivity index (χ0n) is 15.7. The van der Waals surface area contributed by atoms with Crippen molar-refractivity contribution < 1.29 is 9.47 Å². The summed E-state index contributed by atoms with van der Waals surface area (Å²) in [6.07, 6.45) is -0.252. The summed E-state index contributed by atoms with van der Waals surface area (Å²) in [5.41, 5.74) is 4.96. The molecule has 4 heteroatoms. The predicted molar refractivity (Wildman–Crippen MR) is 105 cm³/mol. The van der Waals surface area contributed by atoms with Gasteiger partial charge in [0.25, 0.3) is 0 Å². The second-order valence-electron chi connectivity index (χ2n) is 7.49. The van der Waals surface area contributed by atoms with Gasteiger partial charge < -0.3 is 19.3 Å². The molecule has 2 aromatic rings. The number of nitrogens with zero attached hydrogens (tertiary/aromatic N) is 2. The molecule has 2 aliphatic rings. The summed E-state index contributed by atoms with van der Waals surface area (Å²) in [5, 5.41) is 0. The summed E-state index contributed by atoms with van der Waals surface area (Å²) >= 11 is 0. The molecule has 0 saturated carbocycles. The normalized spacial score (nSPS) is 24.6. The number of ether oxygens (including phenoxy) is 2. The van der Waals surface area contributed by atoms with Gasteiger partial charge in [-0.15, -0.1) is 0 Å². The number of aryl methyl sites for hydroxylation is 1. The van der Waals surface area contributed by atoms with Crippen molar-refractivity contribution >= 4 is 5.69 Å². The second kappa shape index (κ2) is 7.78. The van der Waals surface area contributed by atoms with Gasteiger partial charge in [0.15, 0.2) is 6.29 Å². The monoisotopic (exact) mass is 352 g/mol. The molecule has 26 heavy (non-hydrogen) atoms. The summed E-state index contributed by atoms with van der Waals surface area (Å²) in [7, 11) is 2.18. The first-order valence-corrected chi connectivity index (χ1v) is 9.52. The fourth-order valence-corrected chi connectivity index (χ4v) is 3.63. The van der Waals surface area contributed by atoms with E-state index in [0.717, 1.165) is 31.7 Å². The fraction of sp³-hybridized carbons (Fsp3) is 0.455. The van der Waals surface area contributed by atoms with Gasteiger partial charge in [-0.25, -0.2) is 0 Å². The maximum absolute atomic E-state index is 6.02. The van der Waals surface area contributed by atoms with E-state index in [2.05, 4.69) is 72.3 Å². The van der Waals surface area contributed by atoms with Crippen molar-refractivity contribution in [1.29, 1.82) is 0 Å². The van der Waals surface area contributed by atoms with Crippen LogP contribution in [0.5, 0.6) is 0 Å². The highest BCUT2D eigenvalue weighted by atomic mass is 16.7. The lowest BCUT2D eigenvalue weighted by molar-refractivity contribution is -0.191. The molecule has 2 aromatic carbocycles. The van der Waals surface area contributed by atoms with Crippen LogP contribution in [0.1, 0.15) is 28.9 Å². The summed E-state index contributed by atoms with van der Waals surface area (Å²) in [4.78, 5) is 4.82. The van der Waals surface area contributed by atoms with Crippen LogP contribution < -0.4 is 4.90 Å². The average molecular weight is 352 g/mol. The Morgan fingerprint density at radius 2 is 1.35 bits per heavy atom. The number of hydrogen-bond acceptors (Lipinski definition) is 4. The zero-order chi connectivity index (χ0) is 17.9. The molecule has 0 bridgehead atoms. The maximum atomic E-state index is 6.02. The smallest absolute Gasteiger partial charge is 0.183 e. The van der Waals surface area contributed by atoms with Crippen LogP contribution in [-0.4, -0.2) is 51.3 Å². The molecule has 138 valence electrons. The van der Waals surface area contributed by atoms with Crippen LogP contribution in [0.15, 0.2) is 48.5 Å². The molecule has 0 aliphatic carbocycles. The first-order chi connectivity index (χ1) is 12.7. The Bertz CT molecular complexity index is 698. The molecule has 2 fully saturated rings. The van der Waals surface area contributed by atoms with Crippen LogP contribution in [0.25, 0.3) is 0 Å². The predicted octanol–water partition coefficient (Wildman–Crippen LogP) is 3.58. The van der Waals surface area contributed by atoms with Crippen LogP contribution in [-0.2, 0) is 9.47 Å². The molecule has 0 radical (unpaired) electrons. The standard InChI is InChI=1S/C22H28N2O2/c1-17-3-5-18(6-4-17)20-15-25-22(26-16-20)19-7-9-21(10-8-19)24-13-11-23(2)12-14-24/h3-10,20,22H,11-16H2,1-2H3. The second-order valence-corrected chi connectivity index (χ2v) is 7.49. The van der Waals surface area contributed by atoms with Gasteiger partial charge in [0, 0.05) is 43.3 Å². The minimum atomic E-state index is -0.252. The van der Waals surface area contributed by atoms with Crippen molar-refractivity contribution in [2.45, 2.75) is 19.1 Å². The SMILES string of the molecule is Cc1ccc(C2COC(c3ccc(N4CCN(C)CC4)cc3)OC2)cc1. The first kappa shape index (κ1) is 17.5. The van der Waals surface area contributed by atoms with Crippen molar-refractivity contribution in [3.8, 4) is 0 Å². The lowest BCUT2D eigenvalue weighted by Gasteiger charge is -2.34. The van der Waals surface area contributed by atoms with E-state index in [4.69, 9.17) is 9.47 Å². The lowest BCUT2D eigenvalue weighted by Crippen LogP contribution is -2.44. The molecular weight excluding hydrogens is 324 g/mol. The highest BCUT2D eigenvalue weighted by molar-refractivity contribution is 5.48. The van der Waals surface area contributed by atoms with Gasteiger partial charge in [-0.3, -0.25) is 0 Å². The highest BCUT2D eigenvalue weighted by Crippen LogP contribution is 2.31. The number of rotatable bonds is 3. The summed E-state index contributed by atoms with van der Waals surface area (Å²) in [6.45, 7) is 7.93. The van der Waals surface area contributed by atoms with Gasteiger partial charge in [-0.05, 0) is 31.7 Å². The van der Waals surface area contributed by atoms with Crippen molar-refractivity contribution in [2.24, 2.45) is 0 Å². The zero-order valence-corrected chi connectivity index (χ0v) is 15.7. The minimum Gasteiger partial charge on any atom is -0.369 e. The molecule has 0 aromatic heterocycles. The Hall–Kier alpha value is -1.88. The van der Waals surface area contributed by atoms with Crippen molar-refractivity contribution in [2.75, 3.05) is 51.3 Å². The van der Waals surface area contributed by atoms with E-state index in [1.165, 1.54) is 16.8 Å². The van der Waals surface area contributed by atoms with Gasteiger partial charge in [-0.1, -0.05) is 42.0 Å². The summed E-state index contributed by atoms with van der Waals surface area (Å²) in [5.74, 6) is 0.316.